The summed E-state index contributed by atoms with van der Waals surface area (Å²) in [5, 5.41) is 14.7. The highest BCUT2D eigenvalue weighted by molar-refractivity contribution is 7.92. The highest BCUT2D eigenvalue weighted by Crippen LogP contribution is 2.35. The quantitative estimate of drug-likeness (QED) is 0.171. The van der Waals surface area contributed by atoms with E-state index in [4.69, 9.17) is 14.0 Å². The first-order valence-corrected chi connectivity index (χ1v) is 13.1. The van der Waals surface area contributed by atoms with Crippen LogP contribution >= 0.6 is 0 Å². The number of carbonyl (C=O) groups is 1. The molecule has 2 heterocycles. The minimum atomic E-state index is -4.01. The first-order valence-electron chi connectivity index (χ1n) is 11.6. The zero-order valence-corrected chi connectivity index (χ0v) is 21.7. The molecule has 0 aliphatic rings. The fourth-order valence-electron chi connectivity index (χ4n) is 3.79. The Hall–Kier alpha value is -4.36. The van der Waals surface area contributed by atoms with Gasteiger partial charge in [0.2, 0.25) is 5.91 Å². The Labute approximate surface area is 219 Å². The van der Waals surface area contributed by atoms with E-state index in [0.29, 0.717) is 42.9 Å². The average molecular weight is 541 g/mol. The van der Waals surface area contributed by atoms with Crippen LogP contribution in [0.3, 0.4) is 0 Å². The minimum absolute atomic E-state index is 0.00559. The van der Waals surface area contributed by atoms with E-state index >= 15 is 0 Å². The predicted molar refractivity (Wildman–Crippen MR) is 141 cm³/mol. The number of para-hydroxylation sites is 1. The summed E-state index contributed by atoms with van der Waals surface area (Å²) < 4.78 is 46.5. The molecule has 12 nitrogen and oxygen atoms in total. The van der Waals surface area contributed by atoms with Crippen LogP contribution in [0.1, 0.15) is 11.1 Å². The van der Waals surface area contributed by atoms with Gasteiger partial charge in [-0.25, -0.2) is 8.42 Å². The van der Waals surface area contributed by atoms with Crippen molar-refractivity contribution >= 4 is 32.7 Å². The largest absolute Gasteiger partial charge is 0.496 e. The second-order valence-corrected chi connectivity index (χ2v) is 9.83. The van der Waals surface area contributed by atoms with E-state index in [2.05, 4.69) is 32.2 Å². The number of nitrogens with zero attached hydrogens (tertiary/aromatic N) is 3. The van der Waals surface area contributed by atoms with Gasteiger partial charge in [-0.05, 0) is 35.9 Å². The summed E-state index contributed by atoms with van der Waals surface area (Å²) in [5.41, 5.74) is 2.15. The first kappa shape index (κ1) is 26.7. The summed E-state index contributed by atoms with van der Waals surface area (Å²) in [6.07, 6.45) is 4.89. The van der Waals surface area contributed by atoms with E-state index in [-0.39, 0.29) is 22.4 Å². The Balaban J connectivity index is 1.47. The van der Waals surface area contributed by atoms with Crippen molar-refractivity contribution in [1.29, 1.82) is 0 Å². The minimum Gasteiger partial charge on any atom is -0.496 e. The van der Waals surface area contributed by atoms with E-state index in [9.17, 15) is 13.2 Å². The van der Waals surface area contributed by atoms with Crippen molar-refractivity contribution < 1.29 is 27.2 Å². The number of benzene rings is 2. The van der Waals surface area contributed by atoms with Crippen LogP contribution in [0.4, 0.5) is 5.82 Å². The molecular formula is C25H28N6O6S. The van der Waals surface area contributed by atoms with Crippen LogP contribution in [0.25, 0.3) is 11.0 Å². The number of carbonyl (C=O) groups excluding carboxylic acids is 1. The van der Waals surface area contributed by atoms with Gasteiger partial charge in [0.25, 0.3) is 10.0 Å². The highest BCUT2D eigenvalue weighted by Gasteiger charge is 2.24. The molecule has 0 aliphatic heterocycles. The molecule has 0 radical (unpaired) electrons. The maximum atomic E-state index is 13.0. The Morgan fingerprint density at radius 1 is 1.13 bits per heavy atom. The Bertz CT molecular complexity index is 1540. The molecule has 1 amide bonds. The molecule has 0 aliphatic carbocycles. The van der Waals surface area contributed by atoms with Gasteiger partial charge in [0.05, 0.1) is 27.0 Å². The number of hydrogen-bond donors (Lipinski definition) is 3. The Morgan fingerprint density at radius 3 is 2.68 bits per heavy atom. The molecule has 0 spiro atoms. The molecule has 0 saturated carbocycles. The van der Waals surface area contributed by atoms with Crippen molar-refractivity contribution in [2.24, 2.45) is 0 Å². The van der Waals surface area contributed by atoms with E-state index in [1.807, 2.05) is 6.20 Å². The third-order valence-corrected chi connectivity index (χ3v) is 6.93. The summed E-state index contributed by atoms with van der Waals surface area (Å²) in [6, 6.07) is 9.82. The van der Waals surface area contributed by atoms with Crippen molar-refractivity contribution in [3.05, 3.63) is 72.6 Å². The van der Waals surface area contributed by atoms with Gasteiger partial charge in [-0.15, -0.1) is 0 Å². The van der Waals surface area contributed by atoms with E-state index in [0.717, 1.165) is 11.1 Å². The molecule has 2 aromatic carbocycles. The maximum Gasteiger partial charge on any atom is 0.266 e. The third kappa shape index (κ3) is 6.12. The molecule has 4 rings (SSSR count). The molecule has 0 fully saturated rings. The van der Waals surface area contributed by atoms with Crippen molar-refractivity contribution in [2.45, 2.75) is 18.0 Å². The second-order valence-electron chi connectivity index (χ2n) is 8.18. The molecular weight excluding hydrogens is 512 g/mol. The molecule has 0 bridgehead atoms. The zero-order chi connectivity index (χ0) is 27.1. The van der Waals surface area contributed by atoms with Gasteiger partial charge in [-0.1, -0.05) is 23.9 Å². The van der Waals surface area contributed by atoms with Crippen LogP contribution in [0.2, 0.25) is 0 Å². The zero-order valence-electron chi connectivity index (χ0n) is 20.9. The summed E-state index contributed by atoms with van der Waals surface area (Å²) >= 11 is 0. The molecule has 0 atom stereocenters. The molecule has 200 valence electrons. The van der Waals surface area contributed by atoms with Crippen LogP contribution in [-0.4, -0.2) is 56.6 Å². The number of ether oxygens (including phenoxy) is 2. The first-order chi connectivity index (χ1) is 18.3. The number of anilines is 1. The van der Waals surface area contributed by atoms with Gasteiger partial charge in [0.15, 0.2) is 11.4 Å². The number of methoxy groups -OCH3 is 2. The van der Waals surface area contributed by atoms with E-state index in [1.165, 1.54) is 26.4 Å². The normalized spacial score (nSPS) is 11.3. The number of rotatable bonds is 13. The molecule has 4 aromatic rings. The summed E-state index contributed by atoms with van der Waals surface area (Å²) in [4.78, 5) is 11.1. The summed E-state index contributed by atoms with van der Waals surface area (Å²) in [6.45, 7) is 5.52. The van der Waals surface area contributed by atoms with E-state index in [1.54, 1.807) is 41.2 Å². The van der Waals surface area contributed by atoms with Crippen LogP contribution in [0, 0.1) is 0 Å². The lowest BCUT2D eigenvalue weighted by Crippen LogP contribution is -2.30. The summed E-state index contributed by atoms with van der Waals surface area (Å²) in [5.74, 6) is 0.396. The van der Waals surface area contributed by atoms with Crippen LogP contribution in [0.5, 0.6) is 11.5 Å². The average Bonchev–Trinajstić information content (AvgIpc) is 3.54. The number of aromatic nitrogens is 3. The second kappa shape index (κ2) is 11.8. The van der Waals surface area contributed by atoms with Gasteiger partial charge >= 0.3 is 0 Å². The molecule has 3 N–H and O–H groups in total. The van der Waals surface area contributed by atoms with Crippen LogP contribution in [-0.2, 0) is 27.9 Å². The van der Waals surface area contributed by atoms with E-state index < -0.39 is 10.0 Å². The number of hydrogen-bond acceptors (Lipinski definition) is 9. The number of sulfonamides is 1. The Kier molecular flexibility index (Phi) is 8.28. The number of fused-ring (bicyclic) bond motifs is 1. The number of nitrogens with one attached hydrogen (secondary N) is 3. The third-order valence-electron chi connectivity index (χ3n) is 5.55. The van der Waals surface area contributed by atoms with Crippen LogP contribution in [0.15, 0.2) is 70.9 Å². The van der Waals surface area contributed by atoms with Crippen molar-refractivity contribution in [1.82, 2.24) is 25.6 Å². The maximum absolute atomic E-state index is 13.0. The Morgan fingerprint density at radius 2 is 1.92 bits per heavy atom. The lowest BCUT2D eigenvalue weighted by Gasteiger charge is -2.11. The van der Waals surface area contributed by atoms with Crippen molar-refractivity contribution in [3.63, 3.8) is 0 Å². The molecule has 13 heteroatoms. The van der Waals surface area contributed by atoms with Crippen molar-refractivity contribution in [2.75, 3.05) is 32.0 Å². The molecule has 0 unspecified atom stereocenters. The van der Waals surface area contributed by atoms with Gasteiger partial charge < -0.3 is 24.6 Å². The number of amides is 1. The highest BCUT2D eigenvalue weighted by atomic mass is 32.2. The molecule has 38 heavy (non-hydrogen) atoms. The lowest BCUT2D eigenvalue weighted by atomic mass is 10.1. The van der Waals surface area contributed by atoms with Gasteiger partial charge in [-0.2, -0.15) is 5.10 Å². The van der Waals surface area contributed by atoms with Gasteiger partial charge in [-0.3, -0.25) is 14.2 Å². The monoisotopic (exact) mass is 540 g/mol. The van der Waals surface area contributed by atoms with Gasteiger partial charge in [0.1, 0.15) is 21.8 Å². The predicted octanol–water partition coefficient (Wildman–Crippen LogP) is 2.28. The lowest BCUT2D eigenvalue weighted by molar-refractivity contribution is -0.116. The van der Waals surface area contributed by atoms with Crippen LogP contribution < -0.4 is 24.8 Å². The fraction of sp³-hybridized carbons (Fsp3) is 0.240. The fourth-order valence-corrected chi connectivity index (χ4v) is 4.96. The summed E-state index contributed by atoms with van der Waals surface area (Å²) in [7, 11) is -1.13. The molecule has 0 saturated heterocycles. The molecule has 2 aromatic heterocycles. The van der Waals surface area contributed by atoms with Gasteiger partial charge in [0, 0.05) is 31.4 Å². The smallest absolute Gasteiger partial charge is 0.266 e. The van der Waals surface area contributed by atoms with Crippen molar-refractivity contribution in [3.8, 4) is 11.5 Å². The SMILES string of the molecule is C=CC(=O)NCCNCc1cnn(Cc2cc(OC)c3c(NS(=O)(=O)c4ccccc4OC)noc3c2)c1. The topological polar surface area (TPSA) is 150 Å². The standard InChI is InChI=1S/C25H28N6O6S/c1-4-23(32)27-10-9-26-13-18-14-28-31(16-18)15-17-11-20(36-3)24-21(12-17)37-29-25(24)30-38(33,34)22-8-6-5-7-19(22)35-2/h4-8,11-12,14,16,26H,1,9-10,13,15H2,2-3H3,(H,27,32)(H,29,30).